The Bertz CT molecular complexity index is 1240. The number of para-hydroxylation sites is 1. The van der Waals surface area contributed by atoms with Gasteiger partial charge in [-0.1, -0.05) is 42.1 Å². The number of H-pyrrole nitrogens is 1. The molecular weight excluding hydrogens is 405 g/mol. The van der Waals surface area contributed by atoms with Gasteiger partial charge in [-0.15, -0.1) is 0 Å². The molecule has 0 aliphatic carbocycles. The molecule has 1 unspecified atom stereocenters. The lowest BCUT2D eigenvalue weighted by atomic mass is 10.2. The van der Waals surface area contributed by atoms with Gasteiger partial charge in [0.15, 0.2) is 10.8 Å². The molecule has 9 heteroatoms. The lowest BCUT2D eigenvalue weighted by Crippen LogP contribution is -2.30. The third kappa shape index (κ3) is 4.25. The average molecular weight is 423 g/mol. The number of carbonyl (C=O) groups is 1. The Balaban J connectivity index is 1.51. The summed E-state index contributed by atoms with van der Waals surface area (Å²) in [5, 5.41) is 7.27. The van der Waals surface area contributed by atoms with Gasteiger partial charge in [-0.25, -0.2) is 14.1 Å². The normalized spacial score (nSPS) is 12.1. The van der Waals surface area contributed by atoms with Crippen molar-refractivity contribution in [2.45, 2.75) is 23.9 Å². The van der Waals surface area contributed by atoms with E-state index in [2.05, 4.69) is 20.4 Å². The Hall–Kier alpha value is -3.46. The fraction of sp³-hybridized carbons (Fsp3) is 0.143. The number of hydrogen-bond donors (Lipinski definition) is 2. The molecule has 0 spiro atoms. The molecule has 0 saturated heterocycles. The maximum Gasteiger partial charge on any atom is 0.262 e. The number of hydrogen-bond acceptors (Lipinski definition) is 5. The molecule has 1 amide bonds. The highest BCUT2D eigenvalue weighted by Crippen LogP contribution is 2.21. The van der Waals surface area contributed by atoms with Gasteiger partial charge >= 0.3 is 0 Å². The second kappa shape index (κ2) is 8.50. The van der Waals surface area contributed by atoms with E-state index in [4.69, 9.17) is 0 Å². The summed E-state index contributed by atoms with van der Waals surface area (Å²) >= 11 is 1.15. The van der Waals surface area contributed by atoms with E-state index >= 15 is 0 Å². The van der Waals surface area contributed by atoms with Crippen molar-refractivity contribution >= 4 is 28.7 Å². The van der Waals surface area contributed by atoms with Gasteiger partial charge in [0.05, 0.1) is 17.1 Å². The van der Waals surface area contributed by atoms with Crippen LogP contribution in [0.4, 0.5) is 4.39 Å². The number of halogens is 1. The zero-order valence-electron chi connectivity index (χ0n) is 16.0. The van der Waals surface area contributed by atoms with Crippen molar-refractivity contribution in [3.05, 3.63) is 82.5 Å². The first-order chi connectivity index (χ1) is 14.5. The Morgan fingerprint density at radius 2 is 1.93 bits per heavy atom. The van der Waals surface area contributed by atoms with Crippen molar-refractivity contribution in [2.24, 2.45) is 0 Å². The second-order valence-corrected chi connectivity index (χ2v) is 7.93. The van der Waals surface area contributed by atoms with Crippen molar-refractivity contribution < 1.29 is 9.18 Å². The summed E-state index contributed by atoms with van der Waals surface area (Å²) in [6.45, 7) is 2.01. The number of aromatic amines is 1. The highest BCUT2D eigenvalue weighted by Gasteiger charge is 2.18. The molecule has 4 rings (SSSR count). The molecule has 2 aromatic heterocycles. The summed E-state index contributed by atoms with van der Waals surface area (Å²) < 4.78 is 14.6. The minimum atomic E-state index is -0.501. The van der Waals surface area contributed by atoms with E-state index in [0.717, 1.165) is 23.0 Å². The molecule has 0 bridgehead atoms. The first-order valence-corrected chi connectivity index (χ1v) is 10.1. The predicted molar refractivity (Wildman–Crippen MR) is 113 cm³/mol. The number of fused-ring (bicyclic) bond motifs is 1. The lowest BCUT2D eigenvalue weighted by Gasteiger charge is -2.11. The van der Waals surface area contributed by atoms with Crippen LogP contribution in [-0.2, 0) is 11.3 Å². The summed E-state index contributed by atoms with van der Waals surface area (Å²) in [5.41, 5.74) is 1.68. The summed E-state index contributed by atoms with van der Waals surface area (Å²) in [7, 11) is 0. The first-order valence-electron chi connectivity index (χ1n) is 9.23. The molecule has 30 heavy (non-hydrogen) atoms. The monoisotopic (exact) mass is 423 g/mol. The lowest BCUT2D eigenvalue weighted by molar-refractivity contribution is -0.120. The summed E-state index contributed by atoms with van der Waals surface area (Å²) in [6, 6.07) is 15.3. The molecule has 0 aliphatic rings. The third-order valence-electron chi connectivity index (χ3n) is 4.45. The third-order valence-corrected chi connectivity index (χ3v) is 5.44. The highest BCUT2D eigenvalue weighted by molar-refractivity contribution is 8.00. The number of nitrogens with one attached hydrogen (secondary N) is 2. The zero-order valence-corrected chi connectivity index (χ0v) is 16.8. The highest BCUT2D eigenvalue weighted by atomic mass is 32.2. The maximum absolute atomic E-state index is 13.0. The fourth-order valence-corrected chi connectivity index (χ4v) is 3.68. The fourth-order valence-electron chi connectivity index (χ4n) is 2.87. The van der Waals surface area contributed by atoms with Crippen LogP contribution in [0.1, 0.15) is 12.5 Å². The predicted octanol–water partition coefficient (Wildman–Crippen LogP) is 3.04. The molecule has 0 aliphatic heterocycles. The molecule has 1 atom stereocenters. The van der Waals surface area contributed by atoms with Crippen LogP contribution < -0.4 is 10.9 Å². The van der Waals surface area contributed by atoms with Gasteiger partial charge in [-0.3, -0.25) is 9.59 Å². The minimum absolute atomic E-state index is 0.219. The standard InChI is InChI=1S/C21H18FN5O2S/c1-13(19(28)23-11-14-7-9-15(22)10-8-14)30-21-25-18-17(20(29)26-21)12-24-27(18)16-5-3-2-4-6-16/h2-10,12-13H,11H2,1H3,(H,23,28)(H,25,26,29). The van der Waals surface area contributed by atoms with Crippen LogP contribution in [0.2, 0.25) is 0 Å². The first kappa shape index (κ1) is 19.8. The molecule has 0 saturated carbocycles. The Kier molecular flexibility index (Phi) is 5.62. The number of aromatic nitrogens is 4. The molecular formula is C21H18FN5O2S. The van der Waals surface area contributed by atoms with E-state index in [1.54, 1.807) is 23.7 Å². The molecule has 2 N–H and O–H groups in total. The van der Waals surface area contributed by atoms with Gasteiger partial charge in [0.1, 0.15) is 11.2 Å². The molecule has 7 nitrogen and oxygen atoms in total. The van der Waals surface area contributed by atoms with Crippen molar-refractivity contribution in [3.8, 4) is 5.69 Å². The Labute approximate surface area is 175 Å². The zero-order chi connectivity index (χ0) is 21.1. The smallest absolute Gasteiger partial charge is 0.262 e. The van der Waals surface area contributed by atoms with E-state index in [9.17, 15) is 14.0 Å². The number of rotatable bonds is 6. The van der Waals surface area contributed by atoms with E-state index in [1.807, 2.05) is 30.3 Å². The summed E-state index contributed by atoms with van der Waals surface area (Å²) in [5.74, 6) is -0.544. The van der Waals surface area contributed by atoms with Crippen LogP contribution in [-0.4, -0.2) is 30.9 Å². The van der Waals surface area contributed by atoms with Gasteiger partial charge in [0.2, 0.25) is 5.91 Å². The van der Waals surface area contributed by atoms with E-state index < -0.39 is 5.25 Å². The largest absolute Gasteiger partial charge is 0.351 e. The number of nitrogens with zero attached hydrogens (tertiary/aromatic N) is 3. The topological polar surface area (TPSA) is 92.7 Å². The van der Waals surface area contributed by atoms with Crippen LogP contribution in [0.5, 0.6) is 0 Å². The van der Waals surface area contributed by atoms with Gasteiger partial charge in [0.25, 0.3) is 5.56 Å². The average Bonchev–Trinajstić information content (AvgIpc) is 3.18. The summed E-state index contributed by atoms with van der Waals surface area (Å²) in [6.07, 6.45) is 1.47. The van der Waals surface area contributed by atoms with Gasteiger partial charge in [-0.05, 0) is 36.8 Å². The molecule has 152 valence electrons. The van der Waals surface area contributed by atoms with Crippen molar-refractivity contribution in [3.63, 3.8) is 0 Å². The Morgan fingerprint density at radius 3 is 2.67 bits per heavy atom. The molecule has 0 fully saturated rings. The summed E-state index contributed by atoms with van der Waals surface area (Å²) in [4.78, 5) is 32.1. The van der Waals surface area contributed by atoms with Gasteiger partial charge in [0, 0.05) is 6.54 Å². The van der Waals surface area contributed by atoms with Crippen LogP contribution >= 0.6 is 11.8 Å². The molecule has 2 heterocycles. The maximum atomic E-state index is 13.0. The minimum Gasteiger partial charge on any atom is -0.351 e. The van der Waals surface area contributed by atoms with Crippen LogP contribution in [0, 0.1) is 5.82 Å². The number of thioether (sulfide) groups is 1. The molecule has 4 aromatic rings. The van der Waals surface area contributed by atoms with Crippen molar-refractivity contribution in [1.29, 1.82) is 0 Å². The van der Waals surface area contributed by atoms with Gasteiger partial charge < -0.3 is 10.3 Å². The van der Waals surface area contributed by atoms with E-state index in [1.165, 1.54) is 18.3 Å². The Morgan fingerprint density at radius 1 is 1.20 bits per heavy atom. The van der Waals surface area contributed by atoms with Gasteiger partial charge in [-0.2, -0.15) is 5.10 Å². The van der Waals surface area contributed by atoms with Crippen LogP contribution in [0.15, 0.2) is 70.7 Å². The van der Waals surface area contributed by atoms with E-state index in [-0.39, 0.29) is 23.8 Å². The van der Waals surface area contributed by atoms with Crippen LogP contribution in [0.25, 0.3) is 16.7 Å². The van der Waals surface area contributed by atoms with Crippen molar-refractivity contribution in [1.82, 2.24) is 25.1 Å². The quantitative estimate of drug-likeness (QED) is 0.367. The number of carbonyl (C=O) groups excluding carboxylic acids is 1. The number of benzene rings is 2. The molecule has 0 radical (unpaired) electrons. The van der Waals surface area contributed by atoms with Crippen molar-refractivity contribution in [2.75, 3.05) is 0 Å². The van der Waals surface area contributed by atoms with E-state index in [0.29, 0.717) is 16.2 Å². The number of amides is 1. The SMILES string of the molecule is CC(Sc1nc2c(cnn2-c2ccccc2)c(=O)[nH]1)C(=O)NCc1ccc(F)cc1. The van der Waals surface area contributed by atoms with Crippen LogP contribution in [0.3, 0.4) is 0 Å². The second-order valence-electron chi connectivity index (χ2n) is 6.60. The molecule has 2 aromatic carbocycles.